The lowest BCUT2D eigenvalue weighted by molar-refractivity contribution is -0.135. The Bertz CT molecular complexity index is 336. The molecule has 2 rings (SSSR count). The number of likely N-dealkylation sites (tertiary alicyclic amines) is 1. The first-order chi connectivity index (χ1) is 6.75. The molecule has 0 spiro atoms. The van der Waals surface area contributed by atoms with E-state index in [1.165, 1.54) is 6.08 Å². The van der Waals surface area contributed by atoms with Crippen molar-refractivity contribution < 1.29 is 14.3 Å². The van der Waals surface area contributed by atoms with E-state index < -0.39 is 0 Å². The van der Waals surface area contributed by atoms with E-state index in [-0.39, 0.29) is 12.0 Å². The lowest BCUT2D eigenvalue weighted by atomic mass is 10.1. The molecule has 1 N–H and O–H groups in total. The Hall–Kier alpha value is -1.55. The SMILES string of the molecule is O=C(C=Cc1ccco1)N1CC(O)C1. The molecule has 1 aliphatic heterocycles. The molecule has 1 saturated heterocycles. The fourth-order valence-corrected chi connectivity index (χ4v) is 1.28. The van der Waals surface area contributed by atoms with E-state index in [0.717, 1.165) is 0 Å². The summed E-state index contributed by atoms with van der Waals surface area (Å²) in [7, 11) is 0. The van der Waals surface area contributed by atoms with Crippen LogP contribution in [-0.2, 0) is 4.79 Å². The summed E-state index contributed by atoms with van der Waals surface area (Å²) in [6.07, 6.45) is 4.27. The summed E-state index contributed by atoms with van der Waals surface area (Å²) in [5.74, 6) is 0.561. The lowest BCUT2D eigenvalue weighted by Gasteiger charge is -2.34. The van der Waals surface area contributed by atoms with Crippen molar-refractivity contribution in [1.82, 2.24) is 4.90 Å². The maximum absolute atomic E-state index is 11.4. The summed E-state index contributed by atoms with van der Waals surface area (Å²) < 4.78 is 5.03. The van der Waals surface area contributed by atoms with Crippen molar-refractivity contribution >= 4 is 12.0 Å². The van der Waals surface area contributed by atoms with E-state index in [1.807, 2.05) is 0 Å². The minimum absolute atomic E-state index is 0.0910. The first-order valence-electron chi connectivity index (χ1n) is 4.44. The zero-order valence-electron chi connectivity index (χ0n) is 7.59. The van der Waals surface area contributed by atoms with Gasteiger partial charge < -0.3 is 14.4 Å². The van der Waals surface area contributed by atoms with E-state index in [1.54, 1.807) is 29.4 Å². The molecule has 0 saturated carbocycles. The quantitative estimate of drug-likeness (QED) is 0.696. The fourth-order valence-electron chi connectivity index (χ4n) is 1.28. The first kappa shape index (κ1) is 9.02. The van der Waals surface area contributed by atoms with Gasteiger partial charge in [0.25, 0.3) is 0 Å². The molecule has 14 heavy (non-hydrogen) atoms. The van der Waals surface area contributed by atoms with Crippen molar-refractivity contribution in [2.24, 2.45) is 0 Å². The van der Waals surface area contributed by atoms with Gasteiger partial charge in [-0.1, -0.05) is 0 Å². The molecule has 4 nitrogen and oxygen atoms in total. The zero-order valence-corrected chi connectivity index (χ0v) is 7.59. The Morgan fingerprint density at radius 1 is 1.64 bits per heavy atom. The second-order valence-corrected chi connectivity index (χ2v) is 3.25. The second kappa shape index (κ2) is 3.67. The number of carbonyl (C=O) groups excluding carboxylic acids is 1. The van der Waals surface area contributed by atoms with Gasteiger partial charge in [0.2, 0.25) is 5.91 Å². The molecule has 1 aromatic rings. The van der Waals surface area contributed by atoms with Crippen LogP contribution in [0.5, 0.6) is 0 Å². The molecule has 0 aliphatic carbocycles. The second-order valence-electron chi connectivity index (χ2n) is 3.25. The molecule has 0 bridgehead atoms. The third kappa shape index (κ3) is 1.85. The largest absolute Gasteiger partial charge is 0.465 e. The topological polar surface area (TPSA) is 53.7 Å². The highest BCUT2D eigenvalue weighted by molar-refractivity contribution is 5.92. The third-order valence-corrected chi connectivity index (χ3v) is 2.11. The van der Waals surface area contributed by atoms with Gasteiger partial charge in [-0.2, -0.15) is 0 Å². The van der Waals surface area contributed by atoms with Crippen molar-refractivity contribution in [1.29, 1.82) is 0 Å². The monoisotopic (exact) mass is 193 g/mol. The predicted molar refractivity (Wildman–Crippen MR) is 50.3 cm³/mol. The molecular formula is C10H11NO3. The highest BCUT2D eigenvalue weighted by Crippen LogP contribution is 2.09. The number of hydrogen-bond acceptors (Lipinski definition) is 3. The van der Waals surface area contributed by atoms with E-state index in [0.29, 0.717) is 18.8 Å². The van der Waals surface area contributed by atoms with E-state index >= 15 is 0 Å². The van der Waals surface area contributed by atoms with Gasteiger partial charge in [0.15, 0.2) is 0 Å². The predicted octanol–water partition coefficient (Wildman–Crippen LogP) is 0.496. The van der Waals surface area contributed by atoms with Gasteiger partial charge in [0.05, 0.1) is 12.4 Å². The Kier molecular flexibility index (Phi) is 2.37. The summed E-state index contributed by atoms with van der Waals surface area (Å²) in [6, 6.07) is 3.53. The van der Waals surface area contributed by atoms with E-state index in [9.17, 15) is 4.79 Å². The Labute approximate surface area is 81.4 Å². The smallest absolute Gasteiger partial charge is 0.246 e. The standard InChI is InChI=1S/C10H11NO3/c12-8-6-11(7-8)10(13)4-3-9-2-1-5-14-9/h1-5,8,12H,6-7H2. The van der Waals surface area contributed by atoms with Crippen molar-refractivity contribution in [3.8, 4) is 0 Å². The normalized spacial score (nSPS) is 17.4. The van der Waals surface area contributed by atoms with Crippen molar-refractivity contribution in [3.05, 3.63) is 30.2 Å². The number of nitrogens with zero attached hydrogens (tertiary/aromatic N) is 1. The summed E-state index contributed by atoms with van der Waals surface area (Å²) in [5, 5.41) is 8.98. The third-order valence-electron chi connectivity index (χ3n) is 2.11. The average molecular weight is 193 g/mol. The molecule has 74 valence electrons. The van der Waals surface area contributed by atoms with Crippen LogP contribution in [-0.4, -0.2) is 35.1 Å². The molecule has 0 radical (unpaired) electrons. The average Bonchev–Trinajstić information content (AvgIpc) is 2.61. The number of β-amino-alcohol motifs (C(OH)–C–C–N with tert-alkyl or cyclic N) is 1. The first-order valence-corrected chi connectivity index (χ1v) is 4.44. The van der Waals surface area contributed by atoms with E-state index in [2.05, 4.69) is 0 Å². The summed E-state index contributed by atoms with van der Waals surface area (Å²) in [4.78, 5) is 12.9. The van der Waals surface area contributed by atoms with Crippen LogP contribution in [0.4, 0.5) is 0 Å². The lowest BCUT2D eigenvalue weighted by Crippen LogP contribution is -2.52. The maximum Gasteiger partial charge on any atom is 0.246 e. The number of furan rings is 1. The van der Waals surface area contributed by atoms with Crippen LogP contribution < -0.4 is 0 Å². The van der Waals surface area contributed by atoms with Crippen LogP contribution in [0.15, 0.2) is 28.9 Å². The molecule has 1 aliphatic rings. The molecule has 0 atom stereocenters. The Morgan fingerprint density at radius 3 is 3.00 bits per heavy atom. The molecule has 2 heterocycles. The van der Waals surface area contributed by atoms with Crippen LogP contribution in [0.1, 0.15) is 5.76 Å². The Morgan fingerprint density at radius 2 is 2.43 bits per heavy atom. The number of aliphatic hydroxyl groups is 1. The number of amides is 1. The van der Waals surface area contributed by atoms with Crippen LogP contribution >= 0.6 is 0 Å². The molecule has 1 amide bonds. The molecule has 0 aromatic carbocycles. The van der Waals surface area contributed by atoms with Crippen molar-refractivity contribution in [2.45, 2.75) is 6.10 Å². The Balaban J connectivity index is 1.89. The van der Waals surface area contributed by atoms with Crippen LogP contribution in [0.25, 0.3) is 6.08 Å². The minimum Gasteiger partial charge on any atom is -0.465 e. The molecule has 0 unspecified atom stereocenters. The van der Waals surface area contributed by atoms with Gasteiger partial charge in [-0.25, -0.2) is 0 Å². The maximum atomic E-state index is 11.4. The highest BCUT2D eigenvalue weighted by atomic mass is 16.3. The van der Waals surface area contributed by atoms with Crippen LogP contribution in [0.2, 0.25) is 0 Å². The highest BCUT2D eigenvalue weighted by Gasteiger charge is 2.26. The van der Waals surface area contributed by atoms with Crippen molar-refractivity contribution in [3.63, 3.8) is 0 Å². The van der Waals surface area contributed by atoms with Crippen LogP contribution in [0, 0.1) is 0 Å². The van der Waals surface area contributed by atoms with Gasteiger partial charge in [-0.05, 0) is 18.2 Å². The summed E-state index contributed by atoms with van der Waals surface area (Å²) in [5.41, 5.74) is 0. The fraction of sp³-hybridized carbons (Fsp3) is 0.300. The van der Waals surface area contributed by atoms with Crippen molar-refractivity contribution in [2.75, 3.05) is 13.1 Å². The summed E-state index contributed by atoms with van der Waals surface area (Å²) in [6.45, 7) is 0.864. The number of hydrogen-bond donors (Lipinski definition) is 1. The van der Waals surface area contributed by atoms with Gasteiger partial charge in [-0.3, -0.25) is 4.79 Å². The minimum atomic E-state index is -0.351. The van der Waals surface area contributed by atoms with Gasteiger partial charge in [0.1, 0.15) is 5.76 Å². The molecule has 1 aromatic heterocycles. The van der Waals surface area contributed by atoms with Gasteiger partial charge in [0, 0.05) is 19.2 Å². The van der Waals surface area contributed by atoms with Gasteiger partial charge in [-0.15, -0.1) is 0 Å². The number of carbonyl (C=O) groups is 1. The summed E-state index contributed by atoms with van der Waals surface area (Å²) >= 11 is 0. The zero-order chi connectivity index (χ0) is 9.97. The number of rotatable bonds is 2. The van der Waals surface area contributed by atoms with E-state index in [4.69, 9.17) is 9.52 Å². The molecular weight excluding hydrogens is 182 g/mol. The number of aliphatic hydroxyl groups excluding tert-OH is 1. The van der Waals surface area contributed by atoms with Gasteiger partial charge >= 0.3 is 0 Å². The molecule has 4 heteroatoms. The molecule has 1 fully saturated rings. The van der Waals surface area contributed by atoms with Crippen LogP contribution in [0.3, 0.4) is 0 Å².